The van der Waals surface area contributed by atoms with Crippen LogP contribution in [-0.4, -0.2) is 29.5 Å². The van der Waals surface area contributed by atoms with E-state index in [1.165, 1.54) is 0 Å². The highest BCUT2D eigenvalue weighted by Gasteiger charge is 2.22. The summed E-state index contributed by atoms with van der Waals surface area (Å²) in [6, 6.07) is 5.40. The van der Waals surface area contributed by atoms with Crippen LogP contribution in [-0.2, 0) is 0 Å². The molecule has 17 heavy (non-hydrogen) atoms. The summed E-state index contributed by atoms with van der Waals surface area (Å²) in [6.45, 7) is 4.92. The van der Waals surface area contributed by atoms with Gasteiger partial charge in [0.2, 0.25) is 0 Å². The van der Waals surface area contributed by atoms with Gasteiger partial charge in [0.15, 0.2) is 0 Å². The molecule has 0 heterocycles. The van der Waals surface area contributed by atoms with Crippen LogP contribution in [0.15, 0.2) is 23.1 Å². The molecule has 1 aromatic carbocycles. The lowest BCUT2D eigenvalue weighted by Gasteiger charge is -2.28. The van der Waals surface area contributed by atoms with E-state index in [0.717, 1.165) is 17.2 Å². The van der Waals surface area contributed by atoms with Gasteiger partial charge < -0.3 is 10.4 Å². The zero-order valence-electron chi connectivity index (χ0n) is 9.96. The Hall–Kier alpha value is 0.0700. The van der Waals surface area contributed by atoms with Crippen molar-refractivity contribution in [2.45, 2.75) is 24.3 Å². The quantitative estimate of drug-likeness (QED) is 0.788. The molecule has 0 fully saturated rings. The van der Waals surface area contributed by atoms with E-state index in [1.807, 2.05) is 19.9 Å². The summed E-state index contributed by atoms with van der Waals surface area (Å²) in [5.74, 6) is 0.734. The zero-order valence-corrected chi connectivity index (χ0v) is 12.3. The molecule has 0 amide bonds. The second-order valence-electron chi connectivity index (χ2n) is 4.11. The van der Waals surface area contributed by atoms with Gasteiger partial charge in [-0.1, -0.05) is 30.1 Å². The van der Waals surface area contributed by atoms with Crippen LogP contribution in [0, 0.1) is 0 Å². The SMILES string of the molecule is CCNC(C)(CO)CSc1cc(Cl)ccc1Cl. The smallest absolute Gasteiger partial charge is 0.0618 e. The molecular weight excluding hydrogens is 277 g/mol. The predicted molar refractivity (Wildman–Crippen MR) is 76.4 cm³/mol. The highest BCUT2D eigenvalue weighted by atomic mass is 35.5. The van der Waals surface area contributed by atoms with Crippen LogP contribution in [0.4, 0.5) is 0 Å². The molecule has 2 N–H and O–H groups in total. The Morgan fingerprint density at radius 1 is 1.41 bits per heavy atom. The molecule has 96 valence electrons. The first kappa shape index (κ1) is 15.1. The van der Waals surface area contributed by atoms with Crippen molar-refractivity contribution in [3.63, 3.8) is 0 Å². The van der Waals surface area contributed by atoms with E-state index >= 15 is 0 Å². The lowest BCUT2D eigenvalue weighted by molar-refractivity contribution is 0.194. The number of hydrogen-bond acceptors (Lipinski definition) is 3. The van der Waals surface area contributed by atoms with Crippen molar-refractivity contribution in [2.24, 2.45) is 0 Å². The van der Waals surface area contributed by atoms with E-state index < -0.39 is 0 Å². The molecule has 0 aromatic heterocycles. The first-order valence-corrected chi connectivity index (χ1v) is 7.18. The number of rotatable bonds is 6. The van der Waals surface area contributed by atoms with E-state index in [4.69, 9.17) is 23.2 Å². The van der Waals surface area contributed by atoms with E-state index in [-0.39, 0.29) is 12.1 Å². The maximum absolute atomic E-state index is 9.38. The minimum absolute atomic E-state index is 0.0893. The van der Waals surface area contributed by atoms with Crippen LogP contribution >= 0.6 is 35.0 Å². The standard InChI is InChI=1S/C12H17Cl2NOS/c1-3-15-12(2,7-16)8-17-11-6-9(13)4-5-10(11)14/h4-6,15-16H,3,7-8H2,1-2H3. The van der Waals surface area contributed by atoms with Crippen LogP contribution in [0.2, 0.25) is 10.0 Å². The Kier molecular flexibility index (Phi) is 6.10. The van der Waals surface area contributed by atoms with Gasteiger partial charge >= 0.3 is 0 Å². The lowest BCUT2D eigenvalue weighted by atomic mass is 10.1. The largest absolute Gasteiger partial charge is 0.394 e. The normalized spacial score (nSPS) is 14.6. The summed E-state index contributed by atoms with van der Waals surface area (Å²) in [7, 11) is 0. The fourth-order valence-electron chi connectivity index (χ4n) is 1.40. The molecule has 1 unspecified atom stereocenters. The molecule has 0 aliphatic heterocycles. The molecule has 0 saturated heterocycles. The lowest BCUT2D eigenvalue weighted by Crippen LogP contribution is -2.47. The zero-order chi connectivity index (χ0) is 12.9. The second kappa shape index (κ2) is 6.86. The number of aliphatic hydroxyl groups is 1. The number of likely N-dealkylation sites (N-methyl/N-ethyl adjacent to an activating group) is 1. The number of benzene rings is 1. The summed E-state index contributed by atoms with van der Waals surface area (Å²) in [5.41, 5.74) is -0.301. The van der Waals surface area contributed by atoms with Crippen LogP contribution in [0.3, 0.4) is 0 Å². The number of aliphatic hydroxyl groups excluding tert-OH is 1. The summed E-state index contributed by atoms with van der Waals surface area (Å²) in [4.78, 5) is 0.941. The van der Waals surface area contributed by atoms with Crippen molar-refractivity contribution in [1.29, 1.82) is 0 Å². The average Bonchev–Trinajstić information content (AvgIpc) is 2.31. The molecule has 1 aromatic rings. The summed E-state index contributed by atoms with van der Waals surface area (Å²) >= 11 is 13.6. The number of hydrogen-bond donors (Lipinski definition) is 2. The first-order chi connectivity index (χ1) is 8.00. The predicted octanol–water partition coefficient (Wildman–Crippen LogP) is 3.45. The molecule has 1 rings (SSSR count). The number of thioether (sulfide) groups is 1. The Balaban J connectivity index is 2.68. The fraction of sp³-hybridized carbons (Fsp3) is 0.500. The molecule has 5 heteroatoms. The Labute approximate surface area is 117 Å². The van der Waals surface area contributed by atoms with E-state index in [9.17, 15) is 5.11 Å². The van der Waals surface area contributed by atoms with E-state index in [0.29, 0.717) is 10.0 Å². The van der Waals surface area contributed by atoms with Gasteiger partial charge in [0.1, 0.15) is 0 Å². The van der Waals surface area contributed by atoms with Crippen molar-refractivity contribution in [3.8, 4) is 0 Å². The van der Waals surface area contributed by atoms with Crippen molar-refractivity contribution in [1.82, 2.24) is 5.32 Å². The topological polar surface area (TPSA) is 32.3 Å². The van der Waals surface area contributed by atoms with Gasteiger partial charge in [-0.2, -0.15) is 0 Å². The third-order valence-corrected chi connectivity index (χ3v) is 4.50. The van der Waals surface area contributed by atoms with Gasteiger partial charge in [0.25, 0.3) is 0 Å². The Morgan fingerprint density at radius 2 is 2.12 bits per heavy atom. The minimum atomic E-state index is -0.301. The number of halogens is 2. The van der Waals surface area contributed by atoms with Crippen LogP contribution in [0.5, 0.6) is 0 Å². The van der Waals surface area contributed by atoms with Crippen LogP contribution in [0.25, 0.3) is 0 Å². The maximum Gasteiger partial charge on any atom is 0.0618 e. The van der Waals surface area contributed by atoms with E-state index in [1.54, 1.807) is 23.9 Å². The van der Waals surface area contributed by atoms with Crippen molar-refractivity contribution < 1.29 is 5.11 Å². The second-order valence-corrected chi connectivity index (χ2v) is 5.97. The maximum atomic E-state index is 9.38. The Bertz CT molecular complexity index is 376. The van der Waals surface area contributed by atoms with Crippen LogP contribution < -0.4 is 5.32 Å². The molecule has 2 nitrogen and oxygen atoms in total. The van der Waals surface area contributed by atoms with Gasteiger partial charge in [-0.3, -0.25) is 0 Å². The van der Waals surface area contributed by atoms with Crippen LogP contribution in [0.1, 0.15) is 13.8 Å². The van der Waals surface area contributed by atoms with Gasteiger partial charge in [-0.25, -0.2) is 0 Å². The Morgan fingerprint density at radius 3 is 2.71 bits per heavy atom. The molecule has 1 atom stereocenters. The third kappa shape index (κ3) is 4.68. The van der Waals surface area contributed by atoms with E-state index in [2.05, 4.69) is 5.32 Å². The fourth-order valence-corrected chi connectivity index (χ4v) is 3.01. The summed E-state index contributed by atoms with van der Waals surface area (Å²) in [6.07, 6.45) is 0. The van der Waals surface area contributed by atoms with Gasteiger partial charge in [-0.05, 0) is 31.7 Å². The monoisotopic (exact) mass is 293 g/mol. The molecule has 0 radical (unpaired) electrons. The molecule has 0 aliphatic carbocycles. The number of nitrogens with one attached hydrogen (secondary N) is 1. The van der Waals surface area contributed by atoms with Gasteiger partial charge in [0, 0.05) is 21.2 Å². The van der Waals surface area contributed by atoms with Crippen molar-refractivity contribution in [2.75, 3.05) is 18.9 Å². The molecule has 0 spiro atoms. The highest BCUT2D eigenvalue weighted by molar-refractivity contribution is 7.99. The van der Waals surface area contributed by atoms with Gasteiger partial charge in [0.05, 0.1) is 11.6 Å². The molecule has 0 aliphatic rings. The first-order valence-electron chi connectivity index (χ1n) is 5.44. The molecule has 0 saturated carbocycles. The highest BCUT2D eigenvalue weighted by Crippen LogP contribution is 2.31. The van der Waals surface area contributed by atoms with Crippen molar-refractivity contribution >= 4 is 35.0 Å². The average molecular weight is 294 g/mol. The summed E-state index contributed by atoms with van der Waals surface area (Å²) < 4.78 is 0. The minimum Gasteiger partial charge on any atom is -0.394 e. The molecule has 0 bridgehead atoms. The summed E-state index contributed by atoms with van der Waals surface area (Å²) in [5, 5.41) is 14.0. The van der Waals surface area contributed by atoms with Crippen molar-refractivity contribution in [3.05, 3.63) is 28.2 Å². The van der Waals surface area contributed by atoms with Gasteiger partial charge in [-0.15, -0.1) is 11.8 Å². The molecular formula is C12H17Cl2NOS. The third-order valence-electron chi connectivity index (χ3n) is 2.39.